The van der Waals surface area contributed by atoms with Gasteiger partial charge in [-0.15, -0.1) is 0 Å². The highest BCUT2D eigenvalue weighted by Gasteiger charge is 2.18. The van der Waals surface area contributed by atoms with Crippen LogP contribution in [0.5, 0.6) is 0 Å². The summed E-state index contributed by atoms with van der Waals surface area (Å²) in [5.74, 6) is 0.0814. The number of anilines is 1. The predicted octanol–water partition coefficient (Wildman–Crippen LogP) is 2.38. The molecule has 0 unspecified atom stereocenters. The van der Waals surface area contributed by atoms with Gasteiger partial charge in [-0.3, -0.25) is 4.79 Å². The summed E-state index contributed by atoms with van der Waals surface area (Å²) in [5, 5.41) is 2.99. The molecule has 1 amide bonds. The van der Waals surface area contributed by atoms with E-state index in [2.05, 4.69) is 19.2 Å². The molecular weight excluding hydrogens is 252 g/mol. The summed E-state index contributed by atoms with van der Waals surface area (Å²) in [6.45, 7) is 5.65. The first-order valence-corrected chi connectivity index (χ1v) is 7.03. The van der Waals surface area contributed by atoms with E-state index in [1.54, 1.807) is 7.11 Å². The lowest BCUT2D eigenvalue weighted by atomic mass is 9.89. The zero-order valence-electron chi connectivity index (χ0n) is 12.7. The fourth-order valence-electron chi connectivity index (χ4n) is 1.90. The SMILES string of the molecule is COCCC(C)(C)CNC(=O)CCc1cccc(N)c1. The van der Waals surface area contributed by atoms with Crippen LogP contribution < -0.4 is 11.1 Å². The third-order valence-corrected chi connectivity index (χ3v) is 3.34. The Balaban J connectivity index is 2.30. The van der Waals surface area contributed by atoms with Crippen LogP contribution in [0.1, 0.15) is 32.3 Å². The number of methoxy groups -OCH3 is 1. The van der Waals surface area contributed by atoms with Crippen molar-refractivity contribution < 1.29 is 9.53 Å². The van der Waals surface area contributed by atoms with Gasteiger partial charge in [0.25, 0.3) is 0 Å². The number of carbonyl (C=O) groups is 1. The average Bonchev–Trinajstić information content (AvgIpc) is 2.41. The zero-order valence-corrected chi connectivity index (χ0v) is 12.7. The maximum Gasteiger partial charge on any atom is 0.220 e. The zero-order chi connectivity index (χ0) is 15.0. The molecule has 0 saturated carbocycles. The number of benzene rings is 1. The normalized spacial score (nSPS) is 11.3. The van der Waals surface area contributed by atoms with E-state index in [0.717, 1.165) is 24.1 Å². The van der Waals surface area contributed by atoms with E-state index >= 15 is 0 Å². The van der Waals surface area contributed by atoms with Crippen LogP contribution in [-0.4, -0.2) is 26.2 Å². The molecule has 0 aromatic heterocycles. The van der Waals surface area contributed by atoms with Gasteiger partial charge in [-0.25, -0.2) is 0 Å². The van der Waals surface area contributed by atoms with Crippen molar-refractivity contribution in [1.82, 2.24) is 5.32 Å². The van der Waals surface area contributed by atoms with E-state index in [1.807, 2.05) is 24.3 Å². The summed E-state index contributed by atoms with van der Waals surface area (Å²) in [6, 6.07) is 7.67. The smallest absolute Gasteiger partial charge is 0.220 e. The van der Waals surface area contributed by atoms with Crippen LogP contribution in [0.2, 0.25) is 0 Å². The Kier molecular flexibility index (Phi) is 6.52. The Morgan fingerprint density at radius 2 is 2.15 bits per heavy atom. The molecule has 4 heteroatoms. The Morgan fingerprint density at radius 3 is 2.80 bits per heavy atom. The van der Waals surface area contributed by atoms with Gasteiger partial charge in [0.2, 0.25) is 5.91 Å². The van der Waals surface area contributed by atoms with Crippen molar-refractivity contribution in [2.24, 2.45) is 5.41 Å². The van der Waals surface area contributed by atoms with Crippen molar-refractivity contribution in [2.75, 3.05) is 26.0 Å². The molecule has 3 N–H and O–H groups in total. The fourth-order valence-corrected chi connectivity index (χ4v) is 1.90. The van der Waals surface area contributed by atoms with E-state index in [1.165, 1.54) is 0 Å². The standard InChI is InChI=1S/C16H26N2O2/c1-16(2,9-10-20-3)12-18-15(19)8-7-13-5-4-6-14(17)11-13/h4-6,11H,7-10,12,17H2,1-3H3,(H,18,19). The summed E-state index contributed by atoms with van der Waals surface area (Å²) < 4.78 is 5.08. The van der Waals surface area contributed by atoms with Crippen LogP contribution in [-0.2, 0) is 16.0 Å². The van der Waals surface area contributed by atoms with Gasteiger partial charge in [0.15, 0.2) is 0 Å². The largest absolute Gasteiger partial charge is 0.399 e. The van der Waals surface area contributed by atoms with Gasteiger partial charge < -0.3 is 15.8 Å². The highest BCUT2D eigenvalue weighted by molar-refractivity contribution is 5.76. The van der Waals surface area contributed by atoms with Crippen LogP contribution in [0.25, 0.3) is 0 Å². The number of aryl methyl sites for hydroxylation is 1. The van der Waals surface area contributed by atoms with Crippen LogP contribution in [0.3, 0.4) is 0 Å². The maximum absolute atomic E-state index is 11.8. The van der Waals surface area contributed by atoms with Crippen molar-refractivity contribution in [3.63, 3.8) is 0 Å². The summed E-state index contributed by atoms with van der Waals surface area (Å²) in [5.41, 5.74) is 7.61. The number of nitrogen functional groups attached to an aromatic ring is 1. The second-order valence-electron chi connectivity index (χ2n) is 5.93. The number of hydrogen-bond acceptors (Lipinski definition) is 3. The van der Waals surface area contributed by atoms with Crippen LogP contribution in [0, 0.1) is 5.41 Å². The predicted molar refractivity (Wildman–Crippen MR) is 82.5 cm³/mol. The molecule has 1 aromatic carbocycles. The first-order valence-electron chi connectivity index (χ1n) is 7.03. The molecule has 0 aliphatic rings. The number of nitrogens with one attached hydrogen (secondary N) is 1. The average molecular weight is 278 g/mol. The molecule has 0 atom stereocenters. The number of rotatable bonds is 8. The molecular formula is C16H26N2O2. The monoisotopic (exact) mass is 278 g/mol. The lowest BCUT2D eigenvalue weighted by Crippen LogP contribution is -2.34. The van der Waals surface area contributed by atoms with Gasteiger partial charge in [-0.05, 0) is 36.0 Å². The van der Waals surface area contributed by atoms with Crippen molar-refractivity contribution in [1.29, 1.82) is 0 Å². The molecule has 20 heavy (non-hydrogen) atoms. The Morgan fingerprint density at radius 1 is 1.40 bits per heavy atom. The summed E-state index contributed by atoms with van der Waals surface area (Å²) >= 11 is 0. The van der Waals surface area contributed by atoms with Crippen LogP contribution in [0.15, 0.2) is 24.3 Å². The lowest BCUT2D eigenvalue weighted by Gasteiger charge is -2.24. The van der Waals surface area contributed by atoms with Crippen LogP contribution >= 0.6 is 0 Å². The Labute approximate surface area is 121 Å². The number of amides is 1. The molecule has 0 radical (unpaired) electrons. The third kappa shape index (κ3) is 6.57. The highest BCUT2D eigenvalue weighted by atomic mass is 16.5. The molecule has 0 bridgehead atoms. The van der Waals surface area contributed by atoms with E-state index in [9.17, 15) is 4.79 Å². The fraction of sp³-hybridized carbons (Fsp3) is 0.562. The van der Waals surface area contributed by atoms with Gasteiger partial charge in [0, 0.05) is 32.4 Å². The van der Waals surface area contributed by atoms with Crippen molar-refractivity contribution in [3.8, 4) is 0 Å². The molecule has 1 rings (SSSR count). The Hall–Kier alpha value is -1.55. The molecule has 0 saturated heterocycles. The molecule has 0 heterocycles. The third-order valence-electron chi connectivity index (χ3n) is 3.34. The van der Waals surface area contributed by atoms with E-state index < -0.39 is 0 Å². The quantitative estimate of drug-likeness (QED) is 0.718. The summed E-state index contributed by atoms with van der Waals surface area (Å²) in [7, 11) is 1.69. The lowest BCUT2D eigenvalue weighted by molar-refractivity contribution is -0.121. The highest BCUT2D eigenvalue weighted by Crippen LogP contribution is 2.18. The van der Waals surface area contributed by atoms with Gasteiger partial charge in [0.05, 0.1) is 0 Å². The minimum Gasteiger partial charge on any atom is -0.399 e. The first-order chi connectivity index (χ1) is 9.43. The molecule has 4 nitrogen and oxygen atoms in total. The van der Waals surface area contributed by atoms with Crippen molar-refractivity contribution in [2.45, 2.75) is 33.1 Å². The molecule has 0 spiro atoms. The molecule has 0 fully saturated rings. The van der Waals surface area contributed by atoms with Gasteiger partial charge in [0.1, 0.15) is 0 Å². The number of nitrogens with two attached hydrogens (primary N) is 1. The minimum absolute atomic E-state index is 0.0584. The molecule has 0 aliphatic carbocycles. The topological polar surface area (TPSA) is 64.3 Å². The molecule has 0 aliphatic heterocycles. The van der Waals surface area contributed by atoms with Gasteiger partial charge in [-0.1, -0.05) is 26.0 Å². The van der Waals surface area contributed by atoms with E-state index in [0.29, 0.717) is 19.6 Å². The first kappa shape index (κ1) is 16.5. The van der Waals surface area contributed by atoms with Gasteiger partial charge >= 0.3 is 0 Å². The van der Waals surface area contributed by atoms with Crippen molar-refractivity contribution in [3.05, 3.63) is 29.8 Å². The summed E-state index contributed by atoms with van der Waals surface area (Å²) in [4.78, 5) is 11.8. The molecule has 1 aromatic rings. The maximum atomic E-state index is 11.8. The van der Waals surface area contributed by atoms with Gasteiger partial charge in [-0.2, -0.15) is 0 Å². The van der Waals surface area contributed by atoms with Crippen molar-refractivity contribution >= 4 is 11.6 Å². The number of ether oxygens (including phenoxy) is 1. The number of carbonyl (C=O) groups excluding carboxylic acids is 1. The second-order valence-corrected chi connectivity index (χ2v) is 5.93. The minimum atomic E-state index is 0.0584. The molecule has 112 valence electrons. The second kappa shape index (κ2) is 7.90. The van der Waals surface area contributed by atoms with E-state index in [4.69, 9.17) is 10.5 Å². The Bertz CT molecular complexity index is 430. The number of hydrogen-bond donors (Lipinski definition) is 2. The van der Waals surface area contributed by atoms with E-state index in [-0.39, 0.29) is 11.3 Å². The summed E-state index contributed by atoms with van der Waals surface area (Å²) in [6.07, 6.45) is 2.14. The van der Waals surface area contributed by atoms with Crippen LogP contribution in [0.4, 0.5) is 5.69 Å².